The molecule has 1 atom stereocenters. The lowest BCUT2D eigenvalue weighted by molar-refractivity contribution is 0.372. The first-order chi connectivity index (χ1) is 6.60. The number of phenols is 1. The van der Waals surface area contributed by atoms with Crippen LogP contribution in [0.3, 0.4) is 0 Å². The van der Waals surface area contributed by atoms with Crippen LogP contribution in [0.2, 0.25) is 0 Å². The first-order valence-electron chi connectivity index (χ1n) is 4.12. The van der Waals surface area contributed by atoms with Crippen LogP contribution in [0.25, 0.3) is 0 Å². The Hall–Kier alpha value is -1.14. The summed E-state index contributed by atoms with van der Waals surface area (Å²) in [4.78, 5) is 0. The highest BCUT2D eigenvalue weighted by molar-refractivity contribution is 9.10. The first kappa shape index (κ1) is 10.9. The van der Waals surface area contributed by atoms with Crippen LogP contribution in [0.4, 0.5) is 0 Å². The summed E-state index contributed by atoms with van der Waals surface area (Å²) in [6.45, 7) is 1.89. The molecule has 0 aromatic heterocycles. The summed E-state index contributed by atoms with van der Waals surface area (Å²) in [5.41, 5.74) is 0.880. The van der Waals surface area contributed by atoms with Crippen molar-refractivity contribution in [3.8, 4) is 23.8 Å². The number of ether oxygens (including phenoxy) is 1. The van der Waals surface area contributed by atoms with E-state index in [1.807, 2.05) is 6.92 Å². The van der Waals surface area contributed by atoms with Crippen molar-refractivity contribution in [3.05, 3.63) is 22.2 Å². The minimum atomic E-state index is -0.0406. The zero-order valence-electron chi connectivity index (χ0n) is 8.04. The van der Waals surface area contributed by atoms with Crippen molar-refractivity contribution in [2.45, 2.75) is 12.8 Å². The summed E-state index contributed by atoms with van der Waals surface area (Å²) >= 11 is 3.38. The summed E-state index contributed by atoms with van der Waals surface area (Å²) in [6.07, 6.45) is 5.31. The van der Waals surface area contributed by atoms with Crippen LogP contribution in [0, 0.1) is 12.3 Å². The maximum atomic E-state index is 9.55. The summed E-state index contributed by atoms with van der Waals surface area (Å²) in [6, 6.07) is 3.33. The molecule has 0 saturated carbocycles. The number of halogens is 1. The van der Waals surface area contributed by atoms with Gasteiger partial charge in [0.05, 0.1) is 7.11 Å². The Labute approximate surface area is 92.0 Å². The van der Waals surface area contributed by atoms with Gasteiger partial charge in [-0.15, -0.1) is 6.42 Å². The van der Waals surface area contributed by atoms with Gasteiger partial charge in [0.25, 0.3) is 0 Å². The molecule has 0 saturated heterocycles. The lowest BCUT2D eigenvalue weighted by Gasteiger charge is -2.11. The third-order valence-corrected chi connectivity index (χ3v) is 2.70. The van der Waals surface area contributed by atoms with E-state index in [1.165, 1.54) is 7.11 Å². The van der Waals surface area contributed by atoms with Crippen LogP contribution in [-0.4, -0.2) is 12.2 Å². The topological polar surface area (TPSA) is 29.5 Å². The van der Waals surface area contributed by atoms with Crippen LogP contribution < -0.4 is 4.74 Å². The Morgan fingerprint density at radius 3 is 2.71 bits per heavy atom. The molecule has 0 aliphatic carbocycles. The summed E-state index contributed by atoms with van der Waals surface area (Å²) in [7, 11) is 1.51. The molecule has 2 nitrogen and oxygen atoms in total. The van der Waals surface area contributed by atoms with Crippen molar-refractivity contribution in [1.29, 1.82) is 0 Å². The van der Waals surface area contributed by atoms with Crippen LogP contribution in [0.15, 0.2) is 16.6 Å². The van der Waals surface area contributed by atoms with Crippen LogP contribution in [-0.2, 0) is 0 Å². The molecule has 3 heteroatoms. The number of hydrogen-bond acceptors (Lipinski definition) is 2. The Balaban J connectivity index is 3.23. The molecular weight excluding hydrogens is 244 g/mol. The van der Waals surface area contributed by atoms with Gasteiger partial charge >= 0.3 is 0 Å². The number of rotatable bonds is 2. The van der Waals surface area contributed by atoms with Crippen LogP contribution >= 0.6 is 15.9 Å². The third kappa shape index (κ3) is 2.02. The van der Waals surface area contributed by atoms with Gasteiger partial charge in [0.1, 0.15) is 0 Å². The van der Waals surface area contributed by atoms with Gasteiger partial charge in [-0.25, -0.2) is 0 Å². The number of phenolic OH excluding ortho intramolecular Hbond substituents is 1. The van der Waals surface area contributed by atoms with E-state index in [1.54, 1.807) is 12.1 Å². The molecule has 74 valence electrons. The van der Waals surface area contributed by atoms with E-state index in [0.717, 1.165) is 10.0 Å². The van der Waals surface area contributed by atoms with Gasteiger partial charge in [0.15, 0.2) is 11.5 Å². The van der Waals surface area contributed by atoms with Crippen molar-refractivity contribution in [1.82, 2.24) is 0 Å². The molecule has 0 bridgehead atoms. The van der Waals surface area contributed by atoms with Crippen molar-refractivity contribution in [2.75, 3.05) is 7.11 Å². The second kappa shape index (κ2) is 4.39. The molecule has 0 aliphatic heterocycles. The molecule has 1 rings (SSSR count). The number of aromatic hydroxyl groups is 1. The van der Waals surface area contributed by atoms with Gasteiger partial charge in [0, 0.05) is 10.4 Å². The van der Waals surface area contributed by atoms with Crippen molar-refractivity contribution < 1.29 is 9.84 Å². The standard InChI is InChI=1S/C11H11BrO2/c1-4-7(2)8-5-10(13)11(14-3)6-9(8)12/h1,5-7,13H,2-3H3. The zero-order chi connectivity index (χ0) is 10.7. The van der Waals surface area contributed by atoms with Gasteiger partial charge in [-0.05, 0) is 24.6 Å². The fraction of sp³-hybridized carbons (Fsp3) is 0.273. The maximum Gasteiger partial charge on any atom is 0.161 e. The number of methoxy groups -OCH3 is 1. The van der Waals surface area contributed by atoms with Gasteiger partial charge in [-0.2, -0.15) is 0 Å². The highest BCUT2D eigenvalue weighted by Gasteiger charge is 2.11. The highest BCUT2D eigenvalue weighted by Crippen LogP contribution is 2.35. The number of hydrogen-bond donors (Lipinski definition) is 1. The normalized spacial score (nSPS) is 11.9. The van der Waals surface area contributed by atoms with Gasteiger partial charge < -0.3 is 9.84 Å². The predicted molar refractivity (Wildman–Crippen MR) is 59.6 cm³/mol. The monoisotopic (exact) mass is 254 g/mol. The Bertz CT molecular complexity index is 380. The van der Waals surface area contributed by atoms with Crippen molar-refractivity contribution in [2.24, 2.45) is 0 Å². The molecule has 0 heterocycles. The van der Waals surface area contributed by atoms with E-state index in [0.29, 0.717) is 5.75 Å². The highest BCUT2D eigenvalue weighted by atomic mass is 79.9. The lowest BCUT2D eigenvalue weighted by Crippen LogP contribution is -1.93. The van der Waals surface area contributed by atoms with Crippen molar-refractivity contribution >= 4 is 15.9 Å². The molecular formula is C11H11BrO2. The largest absolute Gasteiger partial charge is 0.504 e. The van der Waals surface area contributed by atoms with Crippen LogP contribution in [0.5, 0.6) is 11.5 Å². The molecule has 1 N–H and O–H groups in total. The maximum absolute atomic E-state index is 9.55. The molecule has 0 radical (unpaired) electrons. The SMILES string of the molecule is C#CC(C)c1cc(O)c(OC)cc1Br. The predicted octanol–water partition coefficient (Wildman–Crippen LogP) is 2.90. The van der Waals surface area contributed by atoms with Crippen LogP contribution in [0.1, 0.15) is 18.4 Å². The average molecular weight is 255 g/mol. The molecule has 1 aromatic rings. The molecule has 14 heavy (non-hydrogen) atoms. The zero-order valence-corrected chi connectivity index (χ0v) is 9.63. The minimum Gasteiger partial charge on any atom is -0.504 e. The van der Waals surface area contributed by atoms with Gasteiger partial charge in [-0.3, -0.25) is 0 Å². The first-order valence-corrected chi connectivity index (χ1v) is 4.92. The summed E-state index contributed by atoms with van der Waals surface area (Å²) in [5, 5.41) is 9.55. The smallest absolute Gasteiger partial charge is 0.161 e. The fourth-order valence-corrected chi connectivity index (χ4v) is 1.81. The van der Waals surface area contributed by atoms with E-state index in [2.05, 4.69) is 21.9 Å². The molecule has 0 aliphatic rings. The Morgan fingerprint density at radius 1 is 1.57 bits per heavy atom. The summed E-state index contributed by atoms with van der Waals surface area (Å²) < 4.78 is 5.81. The summed E-state index contributed by atoms with van der Waals surface area (Å²) in [5.74, 6) is 3.10. The van der Waals surface area contributed by atoms with E-state index in [9.17, 15) is 5.11 Å². The quantitative estimate of drug-likeness (QED) is 0.823. The lowest BCUT2D eigenvalue weighted by atomic mass is 10.0. The number of terminal acetylenes is 1. The Morgan fingerprint density at radius 2 is 2.21 bits per heavy atom. The second-order valence-electron chi connectivity index (χ2n) is 2.93. The average Bonchev–Trinajstić information content (AvgIpc) is 2.19. The third-order valence-electron chi connectivity index (χ3n) is 2.01. The van der Waals surface area contributed by atoms with E-state index >= 15 is 0 Å². The van der Waals surface area contributed by atoms with E-state index in [-0.39, 0.29) is 11.7 Å². The molecule has 0 spiro atoms. The molecule has 0 fully saturated rings. The minimum absolute atomic E-state index is 0.0406. The van der Waals surface area contributed by atoms with Gasteiger partial charge in [-0.1, -0.05) is 21.9 Å². The Kier molecular flexibility index (Phi) is 3.43. The molecule has 1 unspecified atom stereocenters. The molecule has 0 amide bonds. The van der Waals surface area contributed by atoms with E-state index < -0.39 is 0 Å². The van der Waals surface area contributed by atoms with Crippen molar-refractivity contribution in [3.63, 3.8) is 0 Å². The molecule has 1 aromatic carbocycles. The number of benzene rings is 1. The van der Waals surface area contributed by atoms with Gasteiger partial charge in [0.2, 0.25) is 0 Å². The van der Waals surface area contributed by atoms with E-state index in [4.69, 9.17) is 11.2 Å². The second-order valence-corrected chi connectivity index (χ2v) is 3.79. The fourth-order valence-electron chi connectivity index (χ4n) is 1.14.